The van der Waals surface area contributed by atoms with Crippen molar-refractivity contribution in [1.29, 1.82) is 0 Å². The third kappa shape index (κ3) is 3.35. The average Bonchev–Trinajstić information content (AvgIpc) is 2.87. The van der Waals surface area contributed by atoms with Crippen LogP contribution < -0.4 is 5.32 Å². The van der Waals surface area contributed by atoms with Gasteiger partial charge in [-0.3, -0.25) is 0 Å². The number of thioether (sulfide) groups is 1. The predicted molar refractivity (Wildman–Crippen MR) is 86.1 cm³/mol. The van der Waals surface area contributed by atoms with E-state index in [1.165, 1.54) is 29.9 Å². The maximum absolute atomic E-state index is 3.84. The highest BCUT2D eigenvalue weighted by molar-refractivity contribution is 7.99. The fraction of sp³-hybridized carbons (Fsp3) is 0.647. The molecule has 106 valence electrons. The topological polar surface area (TPSA) is 12.0 Å². The Morgan fingerprint density at radius 3 is 2.63 bits per heavy atom. The molecule has 1 heterocycles. The van der Waals surface area contributed by atoms with Crippen molar-refractivity contribution < 1.29 is 0 Å². The van der Waals surface area contributed by atoms with Gasteiger partial charge < -0.3 is 5.32 Å². The van der Waals surface area contributed by atoms with Crippen molar-refractivity contribution in [3.8, 4) is 0 Å². The average molecular weight is 277 g/mol. The molecule has 0 saturated heterocycles. The molecule has 0 bridgehead atoms. The van der Waals surface area contributed by atoms with Crippen LogP contribution in [0.15, 0.2) is 29.2 Å². The summed E-state index contributed by atoms with van der Waals surface area (Å²) in [5.74, 6) is 2.73. The SMILES string of the molecule is CCCNC(C(CC)CC)C1CSc2ccccc21. The molecule has 2 unspecified atom stereocenters. The first kappa shape index (κ1) is 14.9. The van der Waals surface area contributed by atoms with Crippen molar-refractivity contribution in [2.24, 2.45) is 5.92 Å². The van der Waals surface area contributed by atoms with Gasteiger partial charge in [0.1, 0.15) is 0 Å². The van der Waals surface area contributed by atoms with Gasteiger partial charge in [-0.15, -0.1) is 11.8 Å². The van der Waals surface area contributed by atoms with E-state index in [2.05, 4.69) is 50.4 Å². The highest BCUT2D eigenvalue weighted by Gasteiger charge is 2.33. The van der Waals surface area contributed by atoms with Gasteiger partial charge >= 0.3 is 0 Å². The van der Waals surface area contributed by atoms with Crippen LogP contribution in [0.5, 0.6) is 0 Å². The lowest BCUT2D eigenvalue weighted by Gasteiger charge is -2.32. The summed E-state index contributed by atoms with van der Waals surface area (Å²) in [6, 6.07) is 9.62. The highest BCUT2D eigenvalue weighted by Crippen LogP contribution is 2.43. The van der Waals surface area contributed by atoms with E-state index in [0.29, 0.717) is 12.0 Å². The lowest BCUT2D eigenvalue weighted by molar-refractivity contribution is 0.302. The third-order valence-electron chi connectivity index (χ3n) is 4.36. The number of hydrogen-bond donors (Lipinski definition) is 1. The molecule has 1 aromatic rings. The normalized spacial score (nSPS) is 19.7. The van der Waals surface area contributed by atoms with Crippen molar-refractivity contribution in [2.45, 2.75) is 56.9 Å². The molecule has 0 aromatic heterocycles. The van der Waals surface area contributed by atoms with Crippen LogP contribution in [0, 0.1) is 5.92 Å². The molecular weight excluding hydrogens is 250 g/mol. The van der Waals surface area contributed by atoms with Gasteiger partial charge in [-0.05, 0) is 30.5 Å². The van der Waals surface area contributed by atoms with Crippen molar-refractivity contribution in [3.05, 3.63) is 29.8 Å². The van der Waals surface area contributed by atoms with Crippen molar-refractivity contribution in [3.63, 3.8) is 0 Å². The maximum atomic E-state index is 3.84. The number of rotatable bonds is 7. The molecule has 2 heteroatoms. The van der Waals surface area contributed by atoms with Crippen LogP contribution in [0.3, 0.4) is 0 Å². The van der Waals surface area contributed by atoms with E-state index in [-0.39, 0.29) is 0 Å². The van der Waals surface area contributed by atoms with Crippen LogP contribution in [0.1, 0.15) is 51.5 Å². The van der Waals surface area contributed by atoms with Gasteiger partial charge in [0.05, 0.1) is 0 Å². The van der Waals surface area contributed by atoms with Gasteiger partial charge in [0.15, 0.2) is 0 Å². The molecule has 1 aliphatic heterocycles. The fourth-order valence-electron chi connectivity index (χ4n) is 3.23. The van der Waals surface area contributed by atoms with E-state index < -0.39 is 0 Å². The van der Waals surface area contributed by atoms with E-state index in [1.54, 1.807) is 5.56 Å². The zero-order valence-corrected chi connectivity index (χ0v) is 13.3. The summed E-state index contributed by atoms with van der Waals surface area (Å²) < 4.78 is 0. The molecule has 1 nitrogen and oxygen atoms in total. The van der Waals surface area contributed by atoms with Gasteiger partial charge in [0.2, 0.25) is 0 Å². The van der Waals surface area contributed by atoms with Crippen LogP contribution in [0.2, 0.25) is 0 Å². The molecule has 1 aromatic carbocycles. The Kier molecular flexibility index (Phi) is 5.77. The van der Waals surface area contributed by atoms with Crippen molar-refractivity contribution in [1.82, 2.24) is 5.32 Å². The molecule has 0 radical (unpaired) electrons. The molecule has 0 fully saturated rings. The van der Waals surface area contributed by atoms with Gasteiger partial charge in [-0.1, -0.05) is 51.8 Å². The monoisotopic (exact) mass is 277 g/mol. The van der Waals surface area contributed by atoms with Crippen molar-refractivity contribution >= 4 is 11.8 Å². The minimum atomic E-state index is 0.645. The van der Waals surface area contributed by atoms with Crippen LogP contribution >= 0.6 is 11.8 Å². The number of hydrogen-bond acceptors (Lipinski definition) is 2. The molecule has 2 rings (SSSR count). The fourth-order valence-corrected chi connectivity index (χ4v) is 4.54. The summed E-state index contributed by atoms with van der Waals surface area (Å²) in [6.07, 6.45) is 3.78. The first-order valence-corrected chi connectivity index (χ1v) is 8.75. The Labute approximate surface area is 122 Å². The van der Waals surface area contributed by atoms with Crippen LogP contribution in [-0.4, -0.2) is 18.3 Å². The molecular formula is C17H27NS. The van der Waals surface area contributed by atoms with Gasteiger partial charge in [-0.2, -0.15) is 0 Å². The Hall–Kier alpha value is -0.470. The summed E-state index contributed by atoms with van der Waals surface area (Å²) in [5.41, 5.74) is 1.58. The highest BCUT2D eigenvalue weighted by atomic mass is 32.2. The quantitative estimate of drug-likeness (QED) is 0.776. The number of fused-ring (bicyclic) bond motifs is 1. The summed E-state index contributed by atoms with van der Waals surface area (Å²) >= 11 is 2.04. The minimum absolute atomic E-state index is 0.645. The molecule has 1 N–H and O–H groups in total. The maximum Gasteiger partial charge on any atom is 0.0172 e. The molecule has 2 atom stereocenters. The Balaban J connectivity index is 2.19. The molecule has 1 aliphatic rings. The second kappa shape index (κ2) is 7.35. The first-order valence-electron chi connectivity index (χ1n) is 7.76. The number of nitrogens with one attached hydrogen (secondary N) is 1. The summed E-state index contributed by atoms with van der Waals surface area (Å²) in [6.45, 7) is 8.07. The predicted octanol–water partition coefficient (Wildman–Crippen LogP) is 4.68. The second-order valence-corrected chi connectivity index (χ2v) is 6.57. The Bertz CT molecular complexity index is 387. The van der Waals surface area contributed by atoms with Crippen molar-refractivity contribution in [2.75, 3.05) is 12.3 Å². The van der Waals surface area contributed by atoms with Gasteiger partial charge in [0, 0.05) is 22.6 Å². The first-order chi connectivity index (χ1) is 9.31. The third-order valence-corrected chi connectivity index (χ3v) is 5.57. The Morgan fingerprint density at radius 2 is 1.95 bits per heavy atom. The molecule has 19 heavy (non-hydrogen) atoms. The van der Waals surface area contributed by atoms with E-state index in [4.69, 9.17) is 0 Å². The van der Waals surface area contributed by atoms with Gasteiger partial charge in [0.25, 0.3) is 0 Å². The smallest absolute Gasteiger partial charge is 0.0172 e. The number of benzene rings is 1. The molecule has 0 amide bonds. The van der Waals surface area contributed by atoms with E-state index >= 15 is 0 Å². The summed E-state index contributed by atoms with van der Waals surface area (Å²) in [5, 5.41) is 3.84. The van der Waals surface area contributed by atoms with E-state index in [9.17, 15) is 0 Å². The Morgan fingerprint density at radius 1 is 1.21 bits per heavy atom. The second-order valence-electron chi connectivity index (χ2n) is 5.51. The van der Waals surface area contributed by atoms with E-state index in [0.717, 1.165) is 12.5 Å². The molecule has 0 saturated carbocycles. The summed E-state index contributed by atoms with van der Waals surface area (Å²) in [7, 11) is 0. The zero-order chi connectivity index (χ0) is 13.7. The van der Waals surface area contributed by atoms with Crippen LogP contribution in [-0.2, 0) is 0 Å². The zero-order valence-electron chi connectivity index (χ0n) is 12.5. The van der Waals surface area contributed by atoms with Crippen LogP contribution in [0.4, 0.5) is 0 Å². The minimum Gasteiger partial charge on any atom is -0.313 e. The van der Waals surface area contributed by atoms with Gasteiger partial charge in [-0.25, -0.2) is 0 Å². The lowest BCUT2D eigenvalue weighted by Crippen LogP contribution is -2.41. The largest absolute Gasteiger partial charge is 0.313 e. The lowest BCUT2D eigenvalue weighted by atomic mass is 9.82. The molecule has 0 spiro atoms. The van der Waals surface area contributed by atoms with E-state index in [1.807, 2.05) is 11.8 Å². The summed E-state index contributed by atoms with van der Waals surface area (Å²) in [4.78, 5) is 1.50. The standard InChI is InChI=1S/C17H27NS/c1-4-11-18-17(13(5-2)6-3)15-12-19-16-10-8-7-9-14(15)16/h7-10,13,15,17-18H,4-6,11-12H2,1-3H3. The molecule has 0 aliphatic carbocycles. The van der Waals surface area contributed by atoms with Crippen LogP contribution in [0.25, 0.3) is 0 Å².